The van der Waals surface area contributed by atoms with E-state index in [1.54, 1.807) is 22.3 Å². The minimum atomic E-state index is -0.499. The third kappa shape index (κ3) is 5.01. The van der Waals surface area contributed by atoms with E-state index >= 15 is 0 Å². The number of piperazine rings is 1. The molecule has 2 aliphatic heterocycles. The first-order chi connectivity index (χ1) is 17.8. The Morgan fingerprint density at radius 3 is 2.62 bits per heavy atom. The second-order valence-electron chi connectivity index (χ2n) is 9.77. The van der Waals surface area contributed by atoms with Crippen LogP contribution in [-0.2, 0) is 11.2 Å². The van der Waals surface area contributed by atoms with Crippen molar-refractivity contribution in [2.45, 2.75) is 32.4 Å². The lowest BCUT2D eigenvalue weighted by atomic mass is 9.90. The van der Waals surface area contributed by atoms with Crippen LogP contribution < -0.4 is 0 Å². The van der Waals surface area contributed by atoms with Crippen molar-refractivity contribution in [2.75, 3.05) is 32.7 Å². The number of non-ortho nitro benzene ring substituents is 1. The largest absolute Gasteiger partial charge is 0.338 e. The summed E-state index contributed by atoms with van der Waals surface area (Å²) in [5.74, 6) is -0.185. The highest BCUT2D eigenvalue weighted by atomic mass is 32.1. The Labute approximate surface area is 220 Å². The van der Waals surface area contributed by atoms with Crippen LogP contribution in [0, 0.1) is 17.0 Å². The molecule has 2 aromatic carbocycles. The molecule has 37 heavy (non-hydrogen) atoms. The van der Waals surface area contributed by atoms with Gasteiger partial charge in [0.25, 0.3) is 11.6 Å². The minimum absolute atomic E-state index is 0.0503. The number of hydrogen-bond acceptors (Lipinski definition) is 6. The molecule has 5 rings (SSSR count). The lowest BCUT2D eigenvalue weighted by molar-refractivity contribution is -0.384. The smallest absolute Gasteiger partial charge is 0.270 e. The fourth-order valence-corrected chi connectivity index (χ4v) is 6.38. The number of nitro groups is 1. The predicted molar refractivity (Wildman–Crippen MR) is 143 cm³/mol. The molecule has 0 saturated carbocycles. The molecule has 0 spiro atoms. The zero-order valence-electron chi connectivity index (χ0n) is 21.0. The van der Waals surface area contributed by atoms with Crippen LogP contribution in [-0.4, -0.2) is 70.2 Å². The number of carbonyl (C=O) groups excluding carboxylic acids is 2. The van der Waals surface area contributed by atoms with Gasteiger partial charge in [0.2, 0.25) is 5.91 Å². The number of nitro benzene ring substituents is 1. The van der Waals surface area contributed by atoms with Gasteiger partial charge in [0.15, 0.2) is 0 Å². The van der Waals surface area contributed by atoms with Crippen molar-refractivity contribution in [1.29, 1.82) is 0 Å². The maximum absolute atomic E-state index is 13.5. The summed E-state index contributed by atoms with van der Waals surface area (Å²) < 4.78 is 0. The molecule has 192 valence electrons. The number of amides is 2. The molecule has 3 heterocycles. The van der Waals surface area contributed by atoms with Gasteiger partial charge < -0.3 is 9.80 Å². The van der Waals surface area contributed by atoms with Crippen LogP contribution in [0.25, 0.3) is 0 Å². The zero-order valence-corrected chi connectivity index (χ0v) is 21.8. The van der Waals surface area contributed by atoms with Crippen molar-refractivity contribution in [2.24, 2.45) is 0 Å². The van der Waals surface area contributed by atoms with Gasteiger partial charge in [-0.25, -0.2) is 0 Å². The molecule has 1 saturated heterocycles. The summed E-state index contributed by atoms with van der Waals surface area (Å²) in [4.78, 5) is 44.4. The number of thiophene rings is 1. The van der Waals surface area contributed by atoms with Crippen molar-refractivity contribution < 1.29 is 14.5 Å². The summed E-state index contributed by atoms with van der Waals surface area (Å²) in [6.07, 6.45) is 0.935. The monoisotopic (exact) mass is 518 g/mol. The van der Waals surface area contributed by atoms with E-state index in [0.717, 1.165) is 13.0 Å². The summed E-state index contributed by atoms with van der Waals surface area (Å²) in [5, 5.41) is 13.3. The topological polar surface area (TPSA) is 87.0 Å². The van der Waals surface area contributed by atoms with Gasteiger partial charge in [0.05, 0.1) is 17.5 Å². The number of carbonyl (C=O) groups is 2. The van der Waals surface area contributed by atoms with Crippen LogP contribution in [0.15, 0.2) is 60.0 Å². The number of aryl methyl sites for hydroxylation is 1. The van der Waals surface area contributed by atoms with Crippen molar-refractivity contribution in [3.05, 3.63) is 97.2 Å². The molecular formula is C28H30N4O4S. The summed E-state index contributed by atoms with van der Waals surface area (Å²) in [6.45, 7) is 6.45. The second-order valence-corrected chi connectivity index (χ2v) is 10.8. The van der Waals surface area contributed by atoms with Crippen LogP contribution in [0.2, 0.25) is 0 Å². The Bertz CT molecular complexity index is 1340. The SMILES string of the molecule is Cc1ccccc1C1c2ccsc2CCN1CC(=O)N1CCN(C(=O)c2cccc([N+](=O)[O-])c2)C(C)C1. The van der Waals surface area contributed by atoms with E-state index in [2.05, 4.69) is 41.5 Å². The molecule has 0 N–H and O–H groups in total. The molecule has 2 aliphatic rings. The quantitative estimate of drug-likeness (QED) is 0.372. The fourth-order valence-electron chi connectivity index (χ4n) is 5.47. The molecule has 8 nitrogen and oxygen atoms in total. The number of fused-ring (bicyclic) bond motifs is 1. The van der Waals surface area contributed by atoms with Crippen LogP contribution in [0.4, 0.5) is 5.69 Å². The molecule has 0 radical (unpaired) electrons. The average molecular weight is 519 g/mol. The van der Waals surface area contributed by atoms with Gasteiger partial charge in [-0.2, -0.15) is 0 Å². The lowest BCUT2D eigenvalue weighted by Gasteiger charge is -2.42. The first-order valence-electron chi connectivity index (χ1n) is 12.5. The van der Waals surface area contributed by atoms with E-state index in [-0.39, 0.29) is 29.6 Å². The van der Waals surface area contributed by atoms with Gasteiger partial charge in [-0.3, -0.25) is 24.6 Å². The Balaban J connectivity index is 1.28. The van der Waals surface area contributed by atoms with E-state index in [9.17, 15) is 19.7 Å². The predicted octanol–water partition coefficient (Wildman–Crippen LogP) is 4.29. The molecule has 0 bridgehead atoms. The Morgan fingerprint density at radius 2 is 1.86 bits per heavy atom. The van der Waals surface area contributed by atoms with Gasteiger partial charge in [-0.15, -0.1) is 11.3 Å². The van der Waals surface area contributed by atoms with Crippen LogP contribution in [0.3, 0.4) is 0 Å². The number of rotatable bonds is 5. The number of nitrogens with zero attached hydrogens (tertiary/aromatic N) is 4. The molecule has 0 aliphatic carbocycles. The maximum Gasteiger partial charge on any atom is 0.270 e. The van der Waals surface area contributed by atoms with Crippen molar-refractivity contribution >= 4 is 28.8 Å². The van der Waals surface area contributed by atoms with E-state index in [4.69, 9.17) is 0 Å². The molecule has 9 heteroatoms. The van der Waals surface area contributed by atoms with E-state index in [1.165, 1.54) is 39.8 Å². The van der Waals surface area contributed by atoms with Crippen LogP contribution in [0.5, 0.6) is 0 Å². The van der Waals surface area contributed by atoms with Crippen LogP contribution in [0.1, 0.15) is 44.9 Å². The van der Waals surface area contributed by atoms with E-state index < -0.39 is 4.92 Å². The normalized spacial score (nSPS) is 19.9. The fraction of sp³-hybridized carbons (Fsp3) is 0.357. The summed E-state index contributed by atoms with van der Waals surface area (Å²) >= 11 is 1.79. The lowest BCUT2D eigenvalue weighted by Crippen LogP contribution is -2.57. The molecular weight excluding hydrogens is 488 g/mol. The van der Waals surface area contributed by atoms with E-state index in [1.807, 2.05) is 17.9 Å². The van der Waals surface area contributed by atoms with Gasteiger partial charge in [0.1, 0.15) is 0 Å². The number of benzene rings is 2. The minimum Gasteiger partial charge on any atom is -0.338 e. The average Bonchev–Trinajstić information content (AvgIpc) is 3.38. The van der Waals surface area contributed by atoms with Crippen molar-refractivity contribution in [3.8, 4) is 0 Å². The Kier molecular flexibility index (Phi) is 7.08. The Morgan fingerprint density at radius 1 is 1.05 bits per heavy atom. The van der Waals surface area contributed by atoms with Gasteiger partial charge in [-0.05, 0) is 54.5 Å². The third-order valence-corrected chi connectivity index (χ3v) is 8.43. The summed E-state index contributed by atoms with van der Waals surface area (Å²) in [6, 6.07) is 16.2. The molecule has 1 fully saturated rings. The molecule has 2 amide bonds. The first-order valence-corrected chi connectivity index (χ1v) is 13.4. The zero-order chi connectivity index (χ0) is 26.1. The molecule has 2 unspecified atom stereocenters. The highest BCUT2D eigenvalue weighted by Crippen LogP contribution is 2.38. The van der Waals surface area contributed by atoms with E-state index in [0.29, 0.717) is 31.7 Å². The molecule has 1 aromatic heterocycles. The summed E-state index contributed by atoms with van der Waals surface area (Å²) in [7, 11) is 0. The second kappa shape index (κ2) is 10.4. The van der Waals surface area contributed by atoms with Crippen molar-refractivity contribution in [1.82, 2.24) is 14.7 Å². The Hall–Kier alpha value is -3.56. The number of hydrogen-bond donors (Lipinski definition) is 0. The molecule has 3 aromatic rings. The first kappa shape index (κ1) is 25.1. The van der Waals surface area contributed by atoms with Crippen LogP contribution >= 0.6 is 11.3 Å². The maximum atomic E-state index is 13.5. The third-order valence-electron chi connectivity index (χ3n) is 7.43. The standard InChI is InChI=1S/C28H30N4O4S/c1-19-6-3-4-9-23(19)27-24-11-15-37-25(24)10-12-30(27)18-26(33)29-13-14-31(20(2)17-29)28(34)21-7-5-8-22(16-21)32(35)36/h3-9,11,15-16,20,27H,10,12-14,17-18H2,1-2H3. The van der Waals surface area contributed by atoms with Crippen molar-refractivity contribution in [3.63, 3.8) is 0 Å². The van der Waals surface area contributed by atoms with Gasteiger partial charge in [0, 0.05) is 54.8 Å². The summed E-state index contributed by atoms with van der Waals surface area (Å²) in [5.41, 5.74) is 3.92. The van der Waals surface area contributed by atoms with Gasteiger partial charge >= 0.3 is 0 Å². The highest BCUT2D eigenvalue weighted by molar-refractivity contribution is 7.10. The molecule has 2 atom stereocenters. The highest BCUT2D eigenvalue weighted by Gasteiger charge is 2.35. The van der Waals surface area contributed by atoms with Gasteiger partial charge in [-0.1, -0.05) is 30.3 Å².